The zero-order chi connectivity index (χ0) is 25.8. The first-order valence-corrected chi connectivity index (χ1v) is 15.9. The predicted octanol–water partition coefficient (Wildman–Crippen LogP) is 6.64. The van der Waals surface area contributed by atoms with Crippen molar-refractivity contribution in [1.29, 1.82) is 0 Å². The van der Waals surface area contributed by atoms with Crippen molar-refractivity contribution in [2.45, 2.75) is 62.5 Å². The number of carbonyl (C=O) groups is 1. The van der Waals surface area contributed by atoms with Crippen molar-refractivity contribution < 1.29 is 13.2 Å². The molecule has 1 N–H and O–H groups in total. The number of benzene rings is 2. The van der Waals surface area contributed by atoms with Gasteiger partial charge in [-0.05, 0) is 110 Å². The number of anilines is 1. The van der Waals surface area contributed by atoms with E-state index >= 15 is 0 Å². The van der Waals surface area contributed by atoms with E-state index in [1.54, 1.807) is 18.2 Å². The van der Waals surface area contributed by atoms with E-state index in [2.05, 4.69) is 17.4 Å². The molecule has 0 unspecified atom stereocenters. The van der Waals surface area contributed by atoms with Crippen LogP contribution in [0.25, 0.3) is 0 Å². The summed E-state index contributed by atoms with van der Waals surface area (Å²) in [5, 5.41) is 3.85. The minimum absolute atomic E-state index is 0.119. The molecule has 4 bridgehead atoms. The SMILES string of the molecule is O=C(Nc1ccc(C23CC4CC(CC(C4)C2)C3)cc1)[C@@H]1CCCN(S(=O)(=O)Cc2ccc(Cl)cc2Cl)C1. The second kappa shape index (κ2) is 9.86. The van der Waals surface area contributed by atoms with Crippen molar-refractivity contribution >= 4 is 44.8 Å². The summed E-state index contributed by atoms with van der Waals surface area (Å²) in [6, 6.07) is 13.3. The van der Waals surface area contributed by atoms with Crippen molar-refractivity contribution in [3.63, 3.8) is 0 Å². The number of amides is 1. The molecule has 2 aromatic carbocycles. The third-order valence-corrected chi connectivity index (χ3v) is 11.7. The lowest BCUT2D eigenvalue weighted by molar-refractivity contribution is -0.120. The number of nitrogens with zero attached hydrogens (tertiary/aromatic N) is 1. The average Bonchev–Trinajstić information content (AvgIpc) is 2.85. The van der Waals surface area contributed by atoms with Gasteiger partial charge in [-0.1, -0.05) is 41.4 Å². The van der Waals surface area contributed by atoms with E-state index in [0.29, 0.717) is 40.4 Å². The van der Waals surface area contributed by atoms with Crippen molar-refractivity contribution in [3.05, 3.63) is 63.6 Å². The van der Waals surface area contributed by atoms with Gasteiger partial charge in [0, 0.05) is 28.8 Å². The fourth-order valence-corrected chi connectivity index (χ4v) is 10.1. The zero-order valence-corrected chi connectivity index (χ0v) is 23.3. The van der Waals surface area contributed by atoms with Gasteiger partial charge in [0.05, 0.1) is 11.7 Å². The fraction of sp³-hybridized carbons (Fsp3) is 0.552. The number of halogens is 2. The lowest BCUT2D eigenvalue weighted by Crippen LogP contribution is -2.48. The molecule has 5 aliphatic rings. The van der Waals surface area contributed by atoms with Gasteiger partial charge in [0.25, 0.3) is 0 Å². The van der Waals surface area contributed by atoms with Crippen LogP contribution in [0, 0.1) is 23.7 Å². The van der Waals surface area contributed by atoms with E-state index in [4.69, 9.17) is 23.2 Å². The Morgan fingerprint density at radius 2 is 1.62 bits per heavy atom. The number of rotatable bonds is 6. The van der Waals surface area contributed by atoms with Gasteiger partial charge in [-0.25, -0.2) is 12.7 Å². The normalized spacial score (nSPS) is 31.4. The van der Waals surface area contributed by atoms with Crippen LogP contribution in [0.5, 0.6) is 0 Å². The average molecular weight is 562 g/mol. The second-order valence-corrected chi connectivity index (χ2v) is 14.8. The van der Waals surface area contributed by atoms with Gasteiger partial charge >= 0.3 is 0 Å². The zero-order valence-electron chi connectivity index (χ0n) is 21.0. The van der Waals surface area contributed by atoms with E-state index in [1.165, 1.54) is 48.4 Å². The highest BCUT2D eigenvalue weighted by molar-refractivity contribution is 7.88. The highest BCUT2D eigenvalue weighted by Gasteiger charge is 2.51. The van der Waals surface area contributed by atoms with E-state index in [1.807, 2.05) is 12.1 Å². The third-order valence-electron chi connectivity index (χ3n) is 9.30. The molecule has 8 heteroatoms. The Morgan fingerprint density at radius 1 is 0.973 bits per heavy atom. The quantitative estimate of drug-likeness (QED) is 0.430. The molecule has 5 nitrogen and oxygen atoms in total. The predicted molar refractivity (Wildman–Crippen MR) is 148 cm³/mol. The standard InChI is InChI=1S/C29H34Cl2N2O3S/c30-25-6-3-23(27(31)13-25)18-37(35,36)33-9-1-2-22(17-33)28(34)32-26-7-4-24(5-8-26)29-14-19-10-20(15-29)12-21(11-19)16-29/h3-8,13,19-22H,1-2,9-12,14-18H2,(H,32,34)/t19?,20?,21?,22-,29?/m1/s1. The summed E-state index contributed by atoms with van der Waals surface area (Å²) in [6.07, 6.45) is 9.55. The number of carbonyl (C=O) groups excluding carboxylic acids is 1. The molecule has 7 rings (SSSR count). The Morgan fingerprint density at radius 3 is 2.24 bits per heavy atom. The van der Waals surface area contributed by atoms with Crippen LogP contribution >= 0.6 is 23.2 Å². The Hall–Kier alpha value is -1.60. The van der Waals surface area contributed by atoms with Crippen LogP contribution in [0.1, 0.15) is 62.5 Å². The number of hydrogen-bond acceptors (Lipinski definition) is 3. The minimum Gasteiger partial charge on any atom is -0.326 e. The van der Waals surface area contributed by atoms with Gasteiger partial charge in [-0.15, -0.1) is 0 Å². The fourth-order valence-electron chi connectivity index (χ4n) is 7.95. The molecule has 5 fully saturated rings. The highest BCUT2D eigenvalue weighted by Crippen LogP contribution is 2.60. The summed E-state index contributed by atoms with van der Waals surface area (Å²) >= 11 is 12.2. The molecule has 0 spiro atoms. The van der Waals surface area contributed by atoms with E-state index < -0.39 is 10.0 Å². The Bertz CT molecular complexity index is 1260. The molecule has 1 aliphatic heterocycles. The highest BCUT2D eigenvalue weighted by atomic mass is 35.5. The van der Waals surface area contributed by atoms with E-state index in [9.17, 15) is 13.2 Å². The van der Waals surface area contributed by atoms with Gasteiger partial charge in [0.15, 0.2) is 0 Å². The molecule has 4 saturated carbocycles. The summed E-state index contributed by atoms with van der Waals surface area (Å²) in [5.41, 5.74) is 3.06. The second-order valence-electron chi connectivity index (χ2n) is 12.0. The van der Waals surface area contributed by atoms with Gasteiger partial charge in [-0.3, -0.25) is 4.79 Å². The van der Waals surface area contributed by atoms with Gasteiger partial charge in [-0.2, -0.15) is 0 Å². The van der Waals surface area contributed by atoms with Crippen molar-refractivity contribution in [2.75, 3.05) is 18.4 Å². The van der Waals surface area contributed by atoms with Crippen LogP contribution < -0.4 is 5.32 Å². The first-order valence-electron chi connectivity index (χ1n) is 13.5. The van der Waals surface area contributed by atoms with Crippen molar-refractivity contribution in [1.82, 2.24) is 4.31 Å². The number of piperidine rings is 1. The van der Waals surface area contributed by atoms with Crippen molar-refractivity contribution in [3.8, 4) is 0 Å². The van der Waals surface area contributed by atoms with Crippen LogP contribution in [0.15, 0.2) is 42.5 Å². The van der Waals surface area contributed by atoms with E-state index in [0.717, 1.165) is 23.4 Å². The summed E-state index contributed by atoms with van der Waals surface area (Å²) < 4.78 is 27.7. The molecule has 1 amide bonds. The topological polar surface area (TPSA) is 66.5 Å². The lowest BCUT2D eigenvalue weighted by atomic mass is 9.48. The summed E-state index contributed by atoms with van der Waals surface area (Å²) in [5.74, 6) is 1.98. The smallest absolute Gasteiger partial charge is 0.228 e. The molecule has 1 saturated heterocycles. The van der Waals surface area contributed by atoms with Crippen LogP contribution in [-0.2, 0) is 26.0 Å². The van der Waals surface area contributed by atoms with Crippen LogP contribution in [0.2, 0.25) is 10.0 Å². The van der Waals surface area contributed by atoms with Crippen molar-refractivity contribution in [2.24, 2.45) is 23.7 Å². The first kappa shape index (κ1) is 25.7. The van der Waals surface area contributed by atoms with Crippen LogP contribution in [0.4, 0.5) is 5.69 Å². The van der Waals surface area contributed by atoms with Crippen LogP contribution in [-0.4, -0.2) is 31.7 Å². The Kier molecular flexibility index (Phi) is 6.84. The molecule has 1 atom stereocenters. The Labute approximate surface area is 230 Å². The first-order chi connectivity index (χ1) is 17.7. The maximum atomic E-state index is 13.1. The van der Waals surface area contributed by atoms with Gasteiger partial charge in [0.1, 0.15) is 0 Å². The maximum absolute atomic E-state index is 13.1. The monoisotopic (exact) mass is 560 g/mol. The molecule has 0 aromatic heterocycles. The minimum atomic E-state index is -3.61. The number of sulfonamides is 1. The molecule has 37 heavy (non-hydrogen) atoms. The van der Waals surface area contributed by atoms with Crippen LogP contribution in [0.3, 0.4) is 0 Å². The summed E-state index contributed by atoms with van der Waals surface area (Å²) in [6.45, 7) is 0.599. The molecular formula is C29H34Cl2N2O3S. The maximum Gasteiger partial charge on any atom is 0.228 e. The lowest BCUT2D eigenvalue weighted by Gasteiger charge is -2.57. The van der Waals surface area contributed by atoms with Gasteiger partial charge < -0.3 is 5.32 Å². The molecular weight excluding hydrogens is 527 g/mol. The molecule has 4 aliphatic carbocycles. The summed E-state index contributed by atoms with van der Waals surface area (Å²) in [7, 11) is -3.61. The third kappa shape index (κ3) is 5.19. The molecule has 0 radical (unpaired) electrons. The molecule has 2 aromatic rings. The van der Waals surface area contributed by atoms with E-state index in [-0.39, 0.29) is 24.1 Å². The molecule has 198 valence electrons. The largest absolute Gasteiger partial charge is 0.326 e. The Balaban J connectivity index is 1.09. The number of hydrogen-bond donors (Lipinski definition) is 1. The summed E-state index contributed by atoms with van der Waals surface area (Å²) in [4.78, 5) is 13.1. The number of nitrogens with one attached hydrogen (secondary N) is 1. The van der Waals surface area contributed by atoms with Gasteiger partial charge in [0.2, 0.25) is 15.9 Å². The molecule has 1 heterocycles.